The predicted octanol–water partition coefficient (Wildman–Crippen LogP) is 1.48. The van der Waals surface area contributed by atoms with E-state index in [1.165, 1.54) is 0 Å². The molecule has 1 N–H and O–H groups in total. The molecule has 0 rings (SSSR count). The highest BCUT2D eigenvalue weighted by atomic mass is 32.9. The van der Waals surface area contributed by atoms with Gasteiger partial charge < -0.3 is 9.84 Å². The molecule has 0 saturated carbocycles. The number of rotatable bonds is 5. The highest BCUT2D eigenvalue weighted by molar-refractivity contribution is 8.61. The molecule has 2 nitrogen and oxygen atoms in total. The Hall–Kier alpha value is 0.920. The van der Waals surface area contributed by atoms with Gasteiger partial charge in [0.05, 0.1) is 6.61 Å². The number of hydrogen-bond donors (Lipinski definition) is 2. The minimum Gasteiger partial charge on any atom is -0.340 e. The molecule has 0 radical (unpaired) electrons. The molecule has 1 unspecified atom stereocenters. The number of likely N-dealkylation sites (N-methyl/N-ethyl adjacent to an activating group) is 1. The Kier molecular flexibility index (Phi) is 6.07. The lowest BCUT2D eigenvalue weighted by molar-refractivity contribution is 0.358. The van der Waals surface area contributed by atoms with Crippen molar-refractivity contribution in [2.75, 3.05) is 26.4 Å². The molecule has 0 fully saturated rings. The summed E-state index contributed by atoms with van der Waals surface area (Å²) in [5.74, 6) is 0. The molecule has 10 heavy (non-hydrogen) atoms. The van der Waals surface area contributed by atoms with E-state index in [1.807, 2.05) is 14.0 Å². The maximum Gasteiger partial charge on any atom is 0.116 e. The normalized spacial score (nSPS) is 16.7. The second-order valence-electron chi connectivity index (χ2n) is 1.89. The number of hydrogen-bond acceptors (Lipinski definition) is 3. The maximum absolute atomic E-state index is 5.35. The van der Waals surface area contributed by atoms with Crippen molar-refractivity contribution in [1.82, 2.24) is 5.32 Å². The topological polar surface area (TPSA) is 21.3 Å². The van der Waals surface area contributed by atoms with Crippen molar-refractivity contribution in [2.45, 2.75) is 6.92 Å². The first-order valence-corrected chi connectivity index (χ1v) is 7.29. The van der Waals surface area contributed by atoms with E-state index >= 15 is 0 Å². The summed E-state index contributed by atoms with van der Waals surface area (Å²) in [7, 11) is 1.89. The van der Waals surface area contributed by atoms with Crippen LogP contribution in [0.25, 0.3) is 0 Å². The van der Waals surface area contributed by atoms with Gasteiger partial charge in [0.25, 0.3) is 0 Å². The molecular weight excluding hydrogens is 185 g/mol. The summed E-state index contributed by atoms with van der Waals surface area (Å²) < 4.78 is 5.35. The zero-order chi connectivity index (χ0) is 8.04. The zero-order valence-electron chi connectivity index (χ0n) is 6.33. The van der Waals surface area contributed by atoms with Gasteiger partial charge in [0.1, 0.15) is 5.47 Å². The fourth-order valence-electron chi connectivity index (χ4n) is 0.382. The van der Waals surface area contributed by atoms with Crippen LogP contribution in [0.2, 0.25) is 0 Å². The van der Waals surface area contributed by atoms with Gasteiger partial charge in [-0.15, -0.1) is 12.2 Å². The van der Waals surface area contributed by atoms with Crippen LogP contribution in [-0.4, -0.2) is 26.4 Å². The van der Waals surface area contributed by atoms with Crippen molar-refractivity contribution in [2.24, 2.45) is 0 Å². The maximum atomic E-state index is 5.35. The minimum atomic E-state index is -1.72. The van der Waals surface area contributed by atoms with Gasteiger partial charge in [0, 0.05) is 12.7 Å². The third-order valence-electron chi connectivity index (χ3n) is 1.04. The molecule has 0 aromatic carbocycles. The van der Waals surface area contributed by atoms with Crippen molar-refractivity contribution in [1.29, 1.82) is 0 Å². The molecule has 0 aliphatic heterocycles. The van der Waals surface area contributed by atoms with Crippen LogP contribution in [0.15, 0.2) is 0 Å². The SMILES string of the molecule is CCP(=S)(S)OCCNC. The monoisotopic (exact) mass is 199 g/mol. The number of thiol groups is 1. The van der Waals surface area contributed by atoms with Gasteiger partial charge in [-0.2, -0.15) is 0 Å². The first kappa shape index (κ1) is 10.9. The Balaban J connectivity index is 3.38. The lowest BCUT2D eigenvalue weighted by Gasteiger charge is -2.13. The highest BCUT2D eigenvalue weighted by Gasteiger charge is 2.06. The van der Waals surface area contributed by atoms with Crippen molar-refractivity contribution < 1.29 is 4.52 Å². The summed E-state index contributed by atoms with van der Waals surface area (Å²) in [6.45, 7) is 3.53. The van der Waals surface area contributed by atoms with Gasteiger partial charge in [-0.3, -0.25) is 0 Å². The van der Waals surface area contributed by atoms with Crippen LogP contribution >= 0.6 is 17.7 Å². The molecule has 0 aromatic heterocycles. The van der Waals surface area contributed by atoms with Crippen LogP contribution in [0.4, 0.5) is 0 Å². The first-order chi connectivity index (χ1) is 4.62. The van der Waals surface area contributed by atoms with E-state index in [0.717, 1.165) is 12.7 Å². The summed E-state index contributed by atoms with van der Waals surface area (Å²) in [5, 5.41) is 2.98. The van der Waals surface area contributed by atoms with E-state index in [9.17, 15) is 0 Å². The number of nitrogens with one attached hydrogen (secondary N) is 1. The van der Waals surface area contributed by atoms with Crippen LogP contribution < -0.4 is 5.32 Å². The van der Waals surface area contributed by atoms with Crippen molar-refractivity contribution in [3.05, 3.63) is 0 Å². The van der Waals surface area contributed by atoms with Crippen LogP contribution in [0, 0.1) is 0 Å². The lowest BCUT2D eigenvalue weighted by Crippen LogP contribution is -2.12. The molecule has 0 spiro atoms. The quantitative estimate of drug-likeness (QED) is 0.398. The molecule has 1 atom stereocenters. The van der Waals surface area contributed by atoms with E-state index in [0.29, 0.717) is 6.61 Å². The van der Waals surface area contributed by atoms with Gasteiger partial charge in [0.2, 0.25) is 0 Å². The molecule has 0 aliphatic rings. The molecule has 0 aromatic rings. The fourth-order valence-corrected chi connectivity index (χ4v) is 1.41. The summed E-state index contributed by atoms with van der Waals surface area (Å²) in [4.78, 5) is 0. The molecule has 5 heteroatoms. The summed E-state index contributed by atoms with van der Waals surface area (Å²) in [6.07, 6.45) is 0.856. The van der Waals surface area contributed by atoms with E-state index in [1.54, 1.807) is 0 Å². The Bertz CT molecular complexity index is 131. The van der Waals surface area contributed by atoms with Gasteiger partial charge >= 0.3 is 0 Å². The van der Waals surface area contributed by atoms with Crippen molar-refractivity contribution in [3.63, 3.8) is 0 Å². The average molecular weight is 199 g/mol. The highest BCUT2D eigenvalue weighted by Crippen LogP contribution is 2.51. The minimum absolute atomic E-state index is 0.672. The van der Waals surface area contributed by atoms with Crippen LogP contribution in [0.1, 0.15) is 6.92 Å². The molecule has 0 aliphatic carbocycles. The van der Waals surface area contributed by atoms with Gasteiger partial charge in [-0.25, -0.2) is 0 Å². The van der Waals surface area contributed by atoms with Gasteiger partial charge in [-0.1, -0.05) is 18.7 Å². The standard InChI is InChI=1S/C5H14NOPS2/c1-3-8(9,10)7-5-4-6-2/h6H,3-5H2,1-2H3,(H,9,10). The predicted molar refractivity (Wildman–Crippen MR) is 53.7 cm³/mol. The molecule has 0 bridgehead atoms. The summed E-state index contributed by atoms with van der Waals surface area (Å²) in [6, 6.07) is 0. The molecular formula is C5H14NOPS2. The van der Waals surface area contributed by atoms with E-state index in [4.69, 9.17) is 16.3 Å². The Morgan fingerprint density at radius 2 is 2.30 bits per heavy atom. The van der Waals surface area contributed by atoms with Gasteiger partial charge in [-0.05, 0) is 7.05 Å². The lowest BCUT2D eigenvalue weighted by atomic mass is 10.7. The average Bonchev–Trinajstić information content (AvgIpc) is 1.89. The third kappa shape index (κ3) is 5.69. The Labute approximate surface area is 73.0 Å². The zero-order valence-corrected chi connectivity index (χ0v) is 8.94. The molecule has 62 valence electrons. The summed E-state index contributed by atoms with van der Waals surface area (Å²) >= 11 is 9.32. The van der Waals surface area contributed by atoms with Crippen LogP contribution in [-0.2, 0) is 16.3 Å². The smallest absolute Gasteiger partial charge is 0.116 e. The fraction of sp³-hybridized carbons (Fsp3) is 1.00. The van der Waals surface area contributed by atoms with E-state index in [-0.39, 0.29) is 0 Å². The van der Waals surface area contributed by atoms with E-state index in [2.05, 4.69) is 17.6 Å². The third-order valence-corrected chi connectivity index (χ3v) is 4.72. The molecule has 0 saturated heterocycles. The van der Waals surface area contributed by atoms with Crippen molar-refractivity contribution in [3.8, 4) is 0 Å². The molecule has 0 heterocycles. The van der Waals surface area contributed by atoms with Crippen LogP contribution in [0.3, 0.4) is 0 Å². The first-order valence-electron chi connectivity index (χ1n) is 3.23. The summed E-state index contributed by atoms with van der Waals surface area (Å²) in [5.41, 5.74) is -1.72. The second kappa shape index (κ2) is 5.56. The van der Waals surface area contributed by atoms with E-state index < -0.39 is 5.47 Å². The molecule has 0 amide bonds. The largest absolute Gasteiger partial charge is 0.340 e. The second-order valence-corrected chi connectivity index (χ2v) is 8.58. The van der Waals surface area contributed by atoms with Crippen LogP contribution in [0.5, 0.6) is 0 Å². The Morgan fingerprint density at radius 3 is 2.70 bits per heavy atom. The Morgan fingerprint density at radius 1 is 1.70 bits per heavy atom. The van der Waals surface area contributed by atoms with Crippen molar-refractivity contribution >= 4 is 29.5 Å². The van der Waals surface area contributed by atoms with Gasteiger partial charge in [0.15, 0.2) is 0 Å².